The number of nitrogens with zero attached hydrogens (tertiary/aromatic N) is 2. The van der Waals surface area contributed by atoms with Gasteiger partial charge in [0.2, 0.25) is 0 Å². The predicted molar refractivity (Wildman–Crippen MR) is 64.2 cm³/mol. The van der Waals surface area contributed by atoms with Crippen LogP contribution in [0.15, 0.2) is 24.3 Å². The molecule has 2 aromatic rings. The molecule has 0 aliphatic heterocycles. The number of pyridine rings is 1. The number of benzene rings is 1. The van der Waals surface area contributed by atoms with Gasteiger partial charge >= 0.3 is 0 Å². The molecular weight excluding hydrogens is 216 g/mol. The van der Waals surface area contributed by atoms with Crippen LogP contribution < -0.4 is 9.47 Å². The fourth-order valence-electron chi connectivity index (χ4n) is 1.67. The average molecular weight is 228 g/mol. The first-order valence-corrected chi connectivity index (χ1v) is 5.17. The van der Waals surface area contributed by atoms with E-state index in [-0.39, 0.29) is 0 Å². The molecule has 1 aromatic carbocycles. The van der Waals surface area contributed by atoms with Crippen molar-refractivity contribution in [1.82, 2.24) is 4.98 Å². The van der Waals surface area contributed by atoms with Gasteiger partial charge in [-0.15, -0.1) is 0 Å². The summed E-state index contributed by atoms with van der Waals surface area (Å²) in [5.74, 6) is 1.32. The van der Waals surface area contributed by atoms with E-state index in [2.05, 4.69) is 11.1 Å². The molecule has 1 heterocycles. The molecule has 0 aliphatic rings. The molecule has 4 heteroatoms. The Morgan fingerprint density at radius 1 is 1.18 bits per heavy atom. The molecule has 0 amide bonds. The van der Waals surface area contributed by atoms with Gasteiger partial charge in [-0.05, 0) is 12.1 Å². The Hall–Kier alpha value is -2.28. The number of nitriles is 1. The molecule has 17 heavy (non-hydrogen) atoms. The van der Waals surface area contributed by atoms with Gasteiger partial charge in [0, 0.05) is 11.5 Å². The molecule has 4 nitrogen and oxygen atoms in total. The maximum absolute atomic E-state index is 8.64. The van der Waals surface area contributed by atoms with Gasteiger partial charge in [0.05, 0.1) is 37.9 Å². The average Bonchev–Trinajstić information content (AvgIpc) is 2.37. The Morgan fingerprint density at radius 2 is 1.88 bits per heavy atom. The third kappa shape index (κ3) is 2.13. The quantitative estimate of drug-likeness (QED) is 0.809. The summed E-state index contributed by atoms with van der Waals surface area (Å²) in [5, 5.41) is 9.60. The summed E-state index contributed by atoms with van der Waals surface area (Å²) in [5.41, 5.74) is 1.56. The van der Waals surface area contributed by atoms with E-state index in [1.54, 1.807) is 14.2 Å². The normalized spacial score (nSPS) is 9.94. The maximum Gasteiger partial charge on any atom is 0.162 e. The summed E-state index contributed by atoms with van der Waals surface area (Å²) in [6.45, 7) is 0. The zero-order valence-corrected chi connectivity index (χ0v) is 9.73. The topological polar surface area (TPSA) is 55.1 Å². The van der Waals surface area contributed by atoms with Gasteiger partial charge in [-0.25, -0.2) is 0 Å². The number of ether oxygens (including phenoxy) is 2. The highest BCUT2D eigenvalue weighted by Crippen LogP contribution is 2.31. The number of hydrogen-bond donors (Lipinski definition) is 0. The van der Waals surface area contributed by atoms with Crippen LogP contribution >= 0.6 is 0 Å². The monoisotopic (exact) mass is 228 g/mol. The molecule has 0 bridgehead atoms. The summed E-state index contributed by atoms with van der Waals surface area (Å²) in [7, 11) is 3.18. The maximum atomic E-state index is 8.64. The molecule has 1 aromatic heterocycles. The van der Waals surface area contributed by atoms with Gasteiger partial charge in [-0.1, -0.05) is 6.07 Å². The minimum absolute atomic E-state index is 0.310. The lowest BCUT2D eigenvalue weighted by molar-refractivity contribution is 0.356. The highest BCUT2D eigenvalue weighted by atomic mass is 16.5. The molecule has 0 unspecified atom stereocenters. The number of aromatic nitrogens is 1. The molecule has 2 rings (SSSR count). The lowest BCUT2D eigenvalue weighted by Crippen LogP contribution is -1.93. The number of hydrogen-bond acceptors (Lipinski definition) is 4. The smallest absolute Gasteiger partial charge is 0.162 e. The van der Waals surface area contributed by atoms with Crippen LogP contribution in [0.25, 0.3) is 10.9 Å². The first-order valence-electron chi connectivity index (χ1n) is 5.17. The second-order valence-corrected chi connectivity index (χ2v) is 3.54. The van der Waals surface area contributed by atoms with Crippen molar-refractivity contribution in [3.63, 3.8) is 0 Å². The van der Waals surface area contributed by atoms with E-state index in [4.69, 9.17) is 14.7 Å². The molecule has 0 saturated carbocycles. The molecule has 0 radical (unpaired) electrons. The van der Waals surface area contributed by atoms with Crippen molar-refractivity contribution in [2.45, 2.75) is 6.42 Å². The van der Waals surface area contributed by atoms with Crippen molar-refractivity contribution in [3.8, 4) is 17.6 Å². The highest BCUT2D eigenvalue weighted by Gasteiger charge is 2.07. The first kappa shape index (κ1) is 11.2. The van der Waals surface area contributed by atoms with E-state index in [0.717, 1.165) is 16.6 Å². The van der Waals surface area contributed by atoms with Crippen molar-refractivity contribution in [2.24, 2.45) is 0 Å². The molecular formula is C13H12N2O2. The second kappa shape index (κ2) is 4.71. The molecule has 0 fully saturated rings. The number of fused-ring (bicyclic) bond motifs is 1. The Morgan fingerprint density at radius 3 is 2.53 bits per heavy atom. The van der Waals surface area contributed by atoms with Gasteiger partial charge in [0.1, 0.15) is 0 Å². The molecule has 86 valence electrons. The zero-order valence-electron chi connectivity index (χ0n) is 9.73. The summed E-state index contributed by atoms with van der Waals surface area (Å²) < 4.78 is 10.4. The largest absolute Gasteiger partial charge is 0.493 e. The third-order valence-electron chi connectivity index (χ3n) is 2.51. The molecule has 0 saturated heterocycles. The minimum Gasteiger partial charge on any atom is -0.493 e. The SMILES string of the molecule is COc1cc2ccc(CC#N)nc2cc1OC. The van der Waals surface area contributed by atoms with E-state index >= 15 is 0 Å². The van der Waals surface area contributed by atoms with Crippen LogP contribution in [-0.2, 0) is 6.42 Å². The molecule has 0 atom stereocenters. The van der Waals surface area contributed by atoms with Crippen LogP contribution in [0.2, 0.25) is 0 Å². The van der Waals surface area contributed by atoms with Crippen molar-refractivity contribution in [3.05, 3.63) is 30.0 Å². The van der Waals surface area contributed by atoms with Gasteiger partial charge < -0.3 is 9.47 Å². The van der Waals surface area contributed by atoms with E-state index in [0.29, 0.717) is 17.9 Å². The number of rotatable bonds is 3. The first-order chi connectivity index (χ1) is 8.28. The Balaban J connectivity index is 2.58. The summed E-state index contributed by atoms with van der Waals surface area (Å²) >= 11 is 0. The zero-order chi connectivity index (χ0) is 12.3. The van der Waals surface area contributed by atoms with Gasteiger partial charge in [-0.2, -0.15) is 5.26 Å². The standard InChI is InChI=1S/C13H12N2O2/c1-16-12-7-9-3-4-10(5-6-14)15-11(9)8-13(12)17-2/h3-4,7-8H,5H2,1-2H3. The van der Waals surface area contributed by atoms with Crippen LogP contribution in [-0.4, -0.2) is 19.2 Å². The summed E-state index contributed by atoms with van der Waals surface area (Å²) in [4.78, 5) is 4.39. The minimum atomic E-state index is 0.310. The van der Waals surface area contributed by atoms with Crippen molar-refractivity contribution >= 4 is 10.9 Å². The third-order valence-corrected chi connectivity index (χ3v) is 2.51. The Kier molecular flexibility index (Phi) is 3.10. The van der Waals surface area contributed by atoms with Crippen LogP contribution in [0.1, 0.15) is 5.69 Å². The Labute approximate surface area is 99.4 Å². The van der Waals surface area contributed by atoms with Crippen LogP contribution in [0.3, 0.4) is 0 Å². The lowest BCUT2D eigenvalue weighted by atomic mass is 10.1. The van der Waals surface area contributed by atoms with E-state index in [1.807, 2.05) is 24.3 Å². The predicted octanol–water partition coefficient (Wildman–Crippen LogP) is 2.32. The van der Waals surface area contributed by atoms with Gasteiger partial charge in [-0.3, -0.25) is 4.98 Å². The van der Waals surface area contributed by atoms with E-state index in [1.165, 1.54) is 0 Å². The van der Waals surface area contributed by atoms with Crippen molar-refractivity contribution in [2.75, 3.05) is 14.2 Å². The summed E-state index contributed by atoms with van der Waals surface area (Å²) in [6.07, 6.45) is 0.310. The van der Waals surface area contributed by atoms with Crippen molar-refractivity contribution < 1.29 is 9.47 Å². The molecule has 0 aliphatic carbocycles. The van der Waals surface area contributed by atoms with Crippen molar-refractivity contribution in [1.29, 1.82) is 5.26 Å². The Bertz CT molecular complexity index is 588. The second-order valence-electron chi connectivity index (χ2n) is 3.54. The fourth-order valence-corrected chi connectivity index (χ4v) is 1.67. The fraction of sp³-hybridized carbons (Fsp3) is 0.231. The van der Waals surface area contributed by atoms with Crippen LogP contribution in [0.5, 0.6) is 11.5 Å². The summed E-state index contributed by atoms with van der Waals surface area (Å²) in [6, 6.07) is 9.54. The van der Waals surface area contributed by atoms with Gasteiger partial charge in [0.25, 0.3) is 0 Å². The van der Waals surface area contributed by atoms with E-state index in [9.17, 15) is 0 Å². The van der Waals surface area contributed by atoms with Crippen LogP contribution in [0.4, 0.5) is 0 Å². The van der Waals surface area contributed by atoms with Crippen LogP contribution in [0, 0.1) is 11.3 Å². The van der Waals surface area contributed by atoms with Gasteiger partial charge in [0.15, 0.2) is 11.5 Å². The van der Waals surface area contributed by atoms with E-state index < -0.39 is 0 Å². The molecule has 0 N–H and O–H groups in total. The number of methoxy groups -OCH3 is 2. The highest BCUT2D eigenvalue weighted by molar-refractivity contribution is 5.82. The molecule has 0 spiro atoms. The lowest BCUT2D eigenvalue weighted by Gasteiger charge is -2.09.